The molecule has 0 unspecified atom stereocenters. The number of benzene rings is 3. The average Bonchev–Trinajstić information content (AvgIpc) is 3.29. The number of H-pyrrole nitrogens is 1. The third kappa shape index (κ3) is 5.11. The summed E-state index contributed by atoms with van der Waals surface area (Å²) in [6.45, 7) is 3.35. The van der Waals surface area contributed by atoms with E-state index in [1.807, 2.05) is 42.5 Å². The molecule has 1 aliphatic rings. The van der Waals surface area contributed by atoms with Crippen LogP contribution in [0.5, 0.6) is 11.5 Å². The van der Waals surface area contributed by atoms with Crippen LogP contribution >= 0.6 is 27.5 Å². The molecule has 0 amide bonds. The zero-order chi connectivity index (χ0) is 27.0. The minimum atomic E-state index is -1.34. The molecule has 1 fully saturated rings. The molecule has 1 N–H and O–H groups in total. The van der Waals surface area contributed by atoms with Gasteiger partial charge in [0.1, 0.15) is 6.61 Å². The van der Waals surface area contributed by atoms with Gasteiger partial charge in [-0.05, 0) is 63.0 Å². The Kier molecular flexibility index (Phi) is 7.11. The zero-order valence-corrected chi connectivity index (χ0v) is 23.3. The predicted octanol–water partition coefficient (Wildman–Crippen LogP) is 6.76. The molecule has 5 rings (SSSR count). The SMILES string of the molecule is COc1cc([C@@H](c2c[nH]c3ccccc23)C2C(=O)OC(C)(C)OC2=O)cc(Br)c1OCc1ccc(Cl)cc1. The van der Waals surface area contributed by atoms with E-state index < -0.39 is 29.6 Å². The molecule has 4 aromatic rings. The number of methoxy groups -OCH3 is 1. The topological polar surface area (TPSA) is 86.9 Å². The number of ether oxygens (including phenoxy) is 4. The number of hydrogen-bond acceptors (Lipinski definition) is 6. The van der Waals surface area contributed by atoms with Crippen molar-refractivity contribution in [2.24, 2.45) is 5.92 Å². The molecule has 1 aliphatic heterocycles. The molecule has 7 nitrogen and oxygen atoms in total. The maximum atomic E-state index is 13.2. The third-order valence-electron chi connectivity index (χ3n) is 6.40. The Balaban J connectivity index is 1.59. The van der Waals surface area contributed by atoms with Crippen molar-refractivity contribution in [1.82, 2.24) is 4.98 Å². The van der Waals surface area contributed by atoms with Crippen LogP contribution in [0.2, 0.25) is 5.02 Å². The Morgan fingerprint density at radius 1 is 1.05 bits per heavy atom. The summed E-state index contributed by atoms with van der Waals surface area (Å²) >= 11 is 9.60. The van der Waals surface area contributed by atoms with E-state index in [1.165, 1.54) is 21.0 Å². The van der Waals surface area contributed by atoms with Gasteiger partial charge in [-0.3, -0.25) is 9.59 Å². The monoisotopic (exact) mass is 597 g/mol. The van der Waals surface area contributed by atoms with E-state index in [1.54, 1.807) is 24.4 Å². The number of rotatable bonds is 7. The molecular formula is C29H25BrClNO6. The van der Waals surface area contributed by atoms with E-state index in [0.717, 1.165) is 22.0 Å². The lowest BCUT2D eigenvalue weighted by atomic mass is 9.80. The predicted molar refractivity (Wildman–Crippen MR) is 146 cm³/mol. The molecule has 3 aromatic carbocycles. The molecule has 0 bridgehead atoms. The molecule has 2 heterocycles. The Morgan fingerprint density at radius 2 is 1.74 bits per heavy atom. The van der Waals surface area contributed by atoms with Crippen molar-refractivity contribution in [3.8, 4) is 11.5 Å². The highest BCUT2D eigenvalue weighted by molar-refractivity contribution is 9.10. The van der Waals surface area contributed by atoms with Crippen LogP contribution in [0.25, 0.3) is 10.9 Å². The standard InChI is InChI=1S/C29H25BrClNO6/c1-29(2)37-27(33)25(28(34)38-29)24(20-14-32-22-7-5-4-6-19(20)22)17-12-21(30)26(23(13-17)35-3)36-15-16-8-10-18(31)11-9-16/h4-14,24-25,32H,15H2,1-3H3/t24-/m0/s1. The number of para-hydroxylation sites is 1. The number of nitrogens with one attached hydrogen (secondary N) is 1. The quantitative estimate of drug-likeness (QED) is 0.187. The van der Waals surface area contributed by atoms with Crippen molar-refractivity contribution in [3.63, 3.8) is 0 Å². The first-order valence-electron chi connectivity index (χ1n) is 11.9. The van der Waals surface area contributed by atoms with Crippen LogP contribution in [0.1, 0.15) is 36.5 Å². The number of fused-ring (bicyclic) bond motifs is 1. The van der Waals surface area contributed by atoms with Crippen LogP contribution in [-0.4, -0.2) is 29.8 Å². The van der Waals surface area contributed by atoms with E-state index >= 15 is 0 Å². The van der Waals surface area contributed by atoms with Crippen LogP contribution in [0.4, 0.5) is 0 Å². The zero-order valence-electron chi connectivity index (χ0n) is 20.9. The highest BCUT2D eigenvalue weighted by atomic mass is 79.9. The molecular weight excluding hydrogens is 574 g/mol. The number of carbonyl (C=O) groups excluding carboxylic acids is 2. The lowest BCUT2D eigenvalue weighted by Crippen LogP contribution is -2.48. The van der Waals surface area contributed by atoms with Crippen LogP contribution in [0.15, 0.2) is 71.3 Å². The second kappa shape index (κ2) is 10.3. The Morgan fingerprint density at radius 3 is 2.42 bits per heavy atom. The Bertz CT molecular complexity index is 1490. The highest BCUT2D eigenvalue weighted by Gasteiger charge is 2.49. The fraction of sp³-hybridized carbons (Fsp3) is 0.241. The van der Waals surface area contributed by atoms with Crippen molar-refractivity contribution in [3.05, 3.63) is 93.0 Å². The first kappa shape index (κ1) is 26.1. The van der Waals surface area contributed by atoms with Crippen molar-refractivity contribution < 1.29 is 28.5 Å². The van der Waals surface area contributed by atoms with E-state index in [-0.39, 0.29) is 6.61 Å². The van der Waals surface area contributed by atoms with Gasteiger partial charge in [0.05, 0.1) is 11.6 Å². The largest absolute Gasteiger partial charge is 0.493 e. The molecule has 0 spiro atoms. The van der Waals surface area contributed by atoms with Crippen LogP contribution in [-0.2, 0) is 25.7 Å². The van der Waals surface area contributed by atoms with E-state index in [4.69, 9.17) is 30.5 Å². The summed E-state index contributed by atoms with van der Waals surface area (Å²) in [6.07, 6.45) is 1.81. The summed E-state index contributed by atoms with van der Waals surface area (Å²) in [5.41, 5.74) is 3.21. The second-order valence-corrected chi connectivity index (χ2v) is 10.7. The second-order valence-electron chi connectivity index (χ2n) is 9.44. The van der Waals surface area contributed by atoms with Gasteiger partial charge in [0.15, 0.2) is 17.4 Å². The van der Waals surface area contributed by atoms with Gasteiger partial charge in [-0.1, -0.05) is 41.9 Å². The summed E-state index contributed by atoms with van der Waals surface area (Å²) in [5.74, 6) is -3.67. The van der Waals surface area contributed by atoms with Gasteiger partial charge in [0.2, 0.25) is 0 Å². The summed E-state index contributed by atoms with van der Waals surface area (Å²) in [5, 5.41) is 1.52. The highest BCUT2D eigenvalue weighted by Crippen LogP contribution is 2.45. The first-order valence-corrected chi connectivity index (χ1v) is 13.1. The lowest BCUT2D eigenvalue weighted by Gasteiger charge is -2.36. The number of carbonyl (C=O) groups is 2. The molecule has 1 atom stereocenters. The maximum Gasteiger partial charge on any atom is 0.324 e. The normalized spacial score (nSPS) is 16.1. The van der Waals surface area contributed by atoms with Gasteiger partial charge in [-0.25, -0.2) is 0 Å². The minimum absolute atomic E-state index is 0.285. The van der Waals surface area contributed by atoms with Crippen molar-refractivity contribution in [2.75, 3.05) is 7.11 Å². The minimum Gasteiger partial charge on any atom is -0.493 e. The lowest BCUT2D eigenvalue weighted by molar-refractivity contribution is -0.240. The summed E-state index contributed by atoms with van der Waals surface area (Å²) < 4.78 is 23.4. The molecule has 9 heteroatoms. The van der Waals surface area contributed by atoms with Crippen LogP contribution in [0, 0.1) is 5.92 Å². The number of cyclic esters (lactones) is 2. The fourth-order valence-corrected chi connectivity index (χ4v) is 5.40. The van der Waals surface area contributed by atoms with Gasteiger partial charge in [-0.2, -0.15) is 0 Å². The molecule has 0 aliphatic carbocycles. The van der Waals surface area contributed by atoms with E-state index in [2.05, 4.69) is 20.9 Å². The van der Waals surface area contributed by atoms with Crippen molar-refractivity contribution in [1.29, 1.82) is 0 Å². The number of aromatic amines is 1. The number of aromatic nitrogens is 1. The van der Waals surface area contributed by atoms with Gasteiger partial charge in [0.25, 0.3) is 5.79 Å². The van der Waals surface area contributed by atoms with Gasteiger partial charge >= 0.3 is 11.9 Å². The maximum absolute atomic E-state index is 13.2. The Hall–Kier alpha value is -3.49. The summed E-state index contributed by atoms with van der Waals surface area (Å²) in [6, 6.07) is 18.6. The Labute approximate surface area is 233 Å². The van der Waals surface area contributed by atoms with Gasteiger partial charge in [-0.15, -0.1) is 0 Å². The molecule has 1 saturated heterocycles. The third-order valence-corrected chi connectivity index (χ3v) is 7.24. The van der Waals surface area contributed by atoms with Gasteiger partial charge in [0, 0.05) is 41.9 Å². The molecule has 196 valence electrons. The number of hydrogen-bond donors (Lipinski definition) is 1. The molecule has 38 heavy (non-hydrogen) atoms. The van der Waals surface area contributed by atoms with Crippen molar-refractivity contribution >= 4 is 50.4 Å². The molecule has 1 aromatic heterocycles. The first-order chi connectivity index (χ1) is 18.2. The average molecular weight is 599 g/mol. The molecule has 0 saturated carbocycles. The number of esters is 2. The van der Waals surface area contributed by atoms with Crippen molar-refractivity contribution in [2.45, 2.75) is 32.2 Å². The smallest absolute Gasteiger partial charge is 0.324 e. The van der Waals surface area contributed by atoms with E-state index in [9.17, 15) is 9.59 Å². The van der Waals surface area contributed by atoms with Crippen LogP contribution in [0.3, 0.4) is 0 Å². The van der Waals surface area contributed by atoms with E-state index in [0.29, 0.717) is 26.6 Å². The van der Waals surface area contributed by atoms with Crippen LogP contribution < -0.4 is 9.47 Å². The molecule has 0 radical (unpaired) electrons. The van der Waals surface area contributed by atoms with Gasteiger partial charge < -0.3 is 23.9 Å². The number of halogens is 2. The fourth-order valence-electron chi connectivity index (χ4n) is 4.70. The summed E-state index contributed by atoms with van der Waals surface area (Å²) in [4.78, 5) is 29.7. The summed E-state index contributed by atoms with van der Waals surface area (Å²) in [7, 11) is 1.53.